The van der Waals surface area contributed by atoms with Crippen molar-refractivity contribution in [2.45, 2.75) is 20.3 Å². The van der Waals surface area contributed by atoms with E-state index in [1.165, 1.54) is 6.92 Å². The molecule has 1 heterocycles. The molecule has 27 heavy (non-hydrogen) atoms. The zero-order valence-electron chi connectivity index (χ0n) is 15.3. The van der Waals surface area contributed by atoms with Crippen molar-refractivity contribution in [2.24, 2.45) is 0 Å². The standard InChI is InChI=1S/C21H21N3O3/c1-14(25)23-18-10-8-17(9-11-18)21(26)22-13-12-19-20(24-15(2)27-19)16-6-4-3-5-7-16/h3-11H,12-13H2,1-2H3,(H,22,26)(H,23,25). The Bertz CT molecular complexity index is 931. The molecule has 6 nitrogen and oxygen atoms in total. The van der Waals surface area contributed by atoms with Crippen molar-refractivity contribution in [2.75, 3.05) is 11.9 Å². The van der Waals surface area contributed by atoms with Crippen LogP contribution < -0.4 is 10.6 Å². The molecule has 3 rings (SSSR count). The predicted octanol–water partition coefficient (Wildman–Crippen LogP) is 3.58. The number of carbonyl (C=O) groups is 2. The predicted molar refractivity (Wildman–Crippen MR) is 103 cm³/mol. The summed E-state index contributed by atoms with van der Waals surface area (Å²) in [5, 5.41) is 5.55. The van der Waals surface area contributed by atoms with Gasteiger partial charge in [0.05, 0.1) is 0 Å². The molecule has 0 unspecified atom stereocenters. The first kappa shape index (κ1) is 18.4. The summed E-state index contributed by atoms with van der Waals surface area (Å²) in [6.45, 7) is 3.68. The molecule has 1 aromatic heterocycles. The van der Waals surface area contributed by atoms with Crippen LogP contribution in [0.25, 0.3) is 11.3 Å². The molecule has 3 aromatic rings. The molecule has 2 N–H and O–H groups in total. The average Bonchev–Trinajstić information content (AvgIpc) is 3.03. The first-order valence-electron chi connectivity index (χ1n) is 8.70. The van der Waals surface area contributed by atoms with Crippen LogP contribution in [0.5, 0.6) is 0 Å². The summed E-state index contributed by atoms with van der Waals surface area (Å²) in [5.74, 6) is 1.02. The second-order valence-electron chi connectivity index (χ2n) is 6.14. The molecular formula is C21H21N3O3. The van der Waals surface area contributed by atoms with Crippen LogP contribution in [0.2, 0.25) is 0 Å². The Morgan fingerprint density at radius 3 is 2.41 bits per heavy atom. The van der Waals surface area contributed by atoms with Gasteiger partial charge < -0.3 is 15.1 Å². The number of hydrogen-bond acceptors (Lipinski definition) is 4. The lowest BCUT2D eigenvalue weighted by Gasteiger charge is -2.06. The summed E-state index contributed by atoms with van der Waals surface area (Å²) < 4.78 is 5.71. The third-order valence-corrected chi connectivity index (χ3v) is 3.96. The highest BCUT2D eigenvalue weighted by Gasteiger charge is 2.13. The van der Waals surface area contributed by atoms with Crippen LogP contribution in [-0.4, -0.2) is 23.3 Å². The highest BCUT2D eigenvalue weighted by Crippen LogP contribution is 2.23. The van der Waals surface area contributed by atoms with Gasteiger partial charge in [0.2, 0.25) is 5.91 Å². The van der Waals surface area contributed by atoms with Crippen LogP contribution in [0, 0.1) is 6.92 Å². The van der Waals surface area contributed by atoms with Gasteiger partial charge in [0.25, 0.3) is 5.91 Å². The molecule has 0 aliphatic rings. The van der Waals surface area contributed by atoms with Crippen LogP contribution in [0.15, 0.2) is 59.0 Å². The lowest BCUT2D eigenvalue weighted by Crippen LogP contribution is -2.25. The molecule has 0 bridgehead atoms. The van der Waals surface area contributed by atoms with Crippen molar-refractivity contribution >= 4 is 17.5 Å². The van der Waals surface area contributed by atoms with E-state index in [0.29, 0.717) is 30.1 Å². The molecule has 0 aliphatic carbocycles. The minimum Gasteiger partial charge on any atom is -0.445 e. The third-order valence-electron chi connectivity index (χ3n) is 3.96. The minimum atomic E-state index is -0.179. The lowest BCUT2D eigenvalue weighted by molar-refractivity contribution is -0.114. The van der Waals surface area contributed by atoms with E-state index in [0.717, 1.165) is 17.0 Å². The van der Waals surface area contributed by atoms with Gasteiger partial charge in [-0.05, 0) is 24.3 Å². The maximum atomic E-state index is 12.3. The van der Waals surface area contributed by atoms with Crippen LogP contribution in [0.4, 0.5) is 5.69 Å². The highest BCUT2D eigenvalue weighted by molar-refractivity contribution is 5.95. The first-order chi connectivity index (χ1) is 13.0. The quantitative estimate of drug-likeness (QED) is 0.701. The number of amides is 2. The van der Waals surface area contributed by atoms with E-state index in [4.69, 9.17) is 4.42 Å². The Labute approximate surface area is 157 Å². The Morgan fingerprint density at radius 2 is 1.74 bits per heavy atom. The molecule has 138 valence electrons. The lowest BCUT2D eigenvalue weighted by atomic mass is 10.1. The number of nitrogens with zero attached hydrogens (tertiary/aromatic N) is 1. The topological polar surface area (TPSA) is 84.2 Å². The van der Waals surface area contributed by atoms with Gasteiger partial charge in [-0.2, -0.15) is 0 Å². The molecule has 0 fully saturated rings. The second-order valence-corrected chi connectivity index (χ2v) is 6.14. The Morgan fingerprint density at radius 1 is 1.04 bits per heavy atom. The summed E-state index contributed by atoms with van der Waals surface area (Å²) >= 11 is 0. The minimum absolute atomic E-state index is 0.149. The van der Waals surface area contributed by atoms with Gasteiger partial charge in [-0.1, -0.05) is 30.3 Å². The molecule has 6 heteroatoms. The first-order valence-corrected chi connectivity index (χ1v) is 8.70. The largest absolute Gasteiger partial charge is 0.445 e. The molecule has 0 aliphatic heterocycles. The van der Waals surface area contributed by atoms with Crippen LogP contribution in [0.3, 0.4) is 0 Å². The van der Waals surface area contributed by atoms with E-state index in [1.54, 1.807) is 24.3 Å². The van der Waals surface area contributed by atoms with Crippen LogP contribution in [-0.2, 0) is 11.2 Å². The van der Waals surface area contributed by atoms with Crippen molar-refractivity contribution in [1.82, 2.24) is 10.3 Å². The molecule has 0 radical (unpaired) electrons. The summed E-state index contributed by atoms with van der Waals surface area (Å²) in [7, 11) is 0. The van der Waals surface area contributed by atoms with E-state index in [1.807, 2.05) is 37.3 Å². The highest BCUT2D eigenvalue weighted by atomic mass is 16.4. The van der Waals surface area contributed by atoms with Crippen LogP contribution in [0.1, 0.15) is 28.9 Å². The molecule has 0 saturated heterocycles. The van der Waals surface area contributed by atoms with Gasteiger partial charge in [-0.15, -0.1) is 0 Å². The molecule has 2 amide bonds. The van der Waals surface area contributed by atoms with E-state index in [2.05, 4.69) is 15.6 Å². The third kappa shape index (κ3) is 4.82. The van der Waals surface area contributed by atoms with Crippen molar-refractivity contribution in [1.29, 1.82) is 0 Å². The molecule has 2 aromatic carbocycles. The smallest absolute Gasteiger partial charge is 0.251 e. The van der Waals surface area contributed by atoms with Gasteiger partial charge in [0.15, 0.2) is 5.89 Å². The van der Waals surface area contributed by atoms with E-state index in [9.17, 15) is 9.59 Å². The van der Waals surface area contributed by atoms with E-state index < -0.39 is 0 Å². The number of rotatable bonds is 6. The fourth-order valence-corrected chi connectivity index (χ4v) is 2.76. The summed E-state index contributed by atoms with van der Waals surface area (Å²) in [4.78, 5) is 27.8. The Balaban J connectivity index is 1.60. The number of hydrogen-bond donors (Lipinski definition) is 2. The maximum Gasteiger partial charge on any atom is 0.251 e. The number of nitrogens with one attached hydrogen (secondary N) is 2. The van der Waals surface area contributed by atoms with Gasteiger partial charge in [0.1, 0.15) is 11.5 Å². The SMILES string of the molecule is CC(=O)Nc1ccc(C(=O)NCCc2oc(C)nc2-c2ccccc2)cc1. The molecule has 0 atom stereocenters. The summed E-state index contributed by atoms with van der Waals surface area (Å²) in [6.07, 6.45) is 0.542. The number of carbonyl (C=O) groups excluding carboxylic acids is 2. The van der Waals surface area contributed by atoms with Gasteiger partial charge in [-0.25, -0.2) is 4.98 Å². The average molecular weight is 363 g/mol. The van der Waals surface area contributed by atoms with Crippen molar-refractivity contribution in [3.05, 3.63) is 71.8 Å². The Hall–Kier alpha value is -3.41. The summed E-state index contributed by atoms with van der Waals surface area (Å²) in [6, 6.07) is 16.6. The Kier molecular flexibility index (Phi) is 5.66. The maximum absolute atomic E-state index is 12.3. The van der Waals surface area contributed by atoms with Crippen molar-refractivity contribution < 1.29 is 14.0 Å². The monoisotopic (exact) mass is 363 g/mol. The van der Waals surface area contributed by atoms with Gasteiger partial charge >= 0.3 is 0 Å². The zero-order valence-corrected chi connectivity index (χ0v) is 15.3. The fraction of sp³-hybridized carbons (Fsp3) is 0.190. The number of anilines is 1. The summed E-state index contributed by atoms with van der Waals surface area (Å²) in [5.41, 5.74) is 2.98. The molecule has 0 spiro atoms. The van der Waals surface area contributed by atoms with Gasteiger partial charge in [-0.3, -0.25) is 9.59 Å². The molecule has 0 saturated carbocycles. The number of aryl methyl sites for hydroxylation is 1. The van der Waals surface area contributed by atoms with E-state index >= 15 is 0 Å². The van der Waals surface area contributed by atoms with Crippen LogP contribution >= 0.6 is 0 Å². The fourth-order valence-electron chi connectivity index (χ4n) is 2.76. The van der Waals surface area contributed by atoms with Gasteiger partial charge in [0, 0.05) is 43.6 Å². The number of oxazole rings is 1. The number of benzene rings is 2. The van der Waals surface area contributed by atoms with Crippen molar-refractivity contribution in [3.63, 3.8) is 0 Å². The normalized spacial score (nSPS) is 10.4. The number of aromatic nitrogens is 1. The second kappa shape index (κ2) is 8.31. The van der Waals surface area contributed by atoms with Crippen molar-refractivity contribution in [3.8, 4) is 11.3 Å². The molecular weight excluding hydrogens is 342 g/mol. The zero-order chi connectivity index (χ0) is 19.2. The van der Waals surface area contributed by atoms with E-state index in [-0.39, 0.29) is 11.8 Å².